The maximum Gasteiger partial charge on any atom is 0.254 e. The number of nitrogen functional groups attached to an aromatic ring is 2. The second-order valence-corrected chi connectivity index (χ2v) is 7.21. The number of amides is 1. The first kappa shape index (κ1) is 20.1. The summed E-state index contributed by atoms with van der Waals surface area (Å²) in [5, 5.41) is 0. The zero-order chi connectivity index (χ0) is 21.8. The van der Waals surface area contributed by atoms with Crippen LogP contribution < -0.4 is 11.5 Å². The van der Waals surface area contributed by atoms with Crippen LogP contribution in [0.25, 0.3) is 5.57 Å². The number of nitrogens with two attached hydrogens (primary N) is 2. The number of rotatable bonds is 2. The first-order valence-corrected chi connectivity index (χ1v) is 9.92. The number of anilines is 2. The quantitative estimate of drug-likeness (QED) is 0.629. The molecule has 0 radical (unpaired) electrons. The molecule has 0 aliphatic carbocycles. The Morgan fingerprint density at radius 2 is 1.87 bits per heavy atom. The molecule has 0 saturated heterocycles. The summed E-state index contributed by atoms with van der Waals surface area (Å²) < 4.78 is 0. The van der Waals surface area contributed by atoms with Gasteiger partial charge in [-0.25, -0.2) is 15.0 Å². The molecule has 0 atom stereocenters. The van der Waals surface area contributed by atoms with Crippen LogP contribution in [-0.2, 0) is 0 Å². The molecule has 0 spiro atoms. The van der Waals surface area contributed by atoms with Crippen LogP contribution in [0, 0.1) is 18.8 Å². The molecule has 1 aromatic carbocycles. The van der Waals surface area contributed by atoms with Crippen molar-refractivity contribution < 1.29 is 4.79 Å². The van der Waals surface area contributed by atoms with E-state index in [0.717, 1.165) is 16.7 Å². The van der Waals surface area contributed by atoms with Gasteiger partial charge >= 0.3 is 0 Å². The number of hydrogen-bond acceptors (Lipinski definition) is 6. The molecule has 4 N–H and O–H groups in total. The Morgan fingerprint density at radius 3 is 2.55 bits per heavy atom. The van der Waals surface area contributed by atoms with E-state index in [4.69, 9.17) is 11.5 Å². The van der Waals surface area contributed by atoms with E-state index in [1.807, 2.05) is 54.3 Å². The van der Waals surface area contributed by atoms with Gasteiger partial charge in [0.15, 0.2) is 0 Å². The number of aromatic nitrogens is 3. The molecule has 1 aliphatic rings. The van der Waals surface area contributed by atoms with E-state index >= 15 is 0 Å². The van der Waals surface area contributed by atoms with Crippen LogP contribution in [0.5, 0.6) is 0 Å². The van der Waals surface area contributed by atoms with E-state index in [9.17, 15) is 4.79 Å². The lowest BCUT2D eigenvalue weighted by molar-refractivity contribution is 0.0773. The minimum Gasteiger partial charge on any atom is -0.384 e. The van der Waals surface area contributed by atoms with Crippen LogP contribution in [0.4, 0.5) is 11.8 Å². The van der Waals surface area contributed by atoms with Crippen LogP contribution in [0.3, 0.4) is 0 Å². The van der Waals surface area contributed by atoms with Crippen molar-refractivity contribution >= 4 is 23.2 Å². The van der Waals surface area contributed by atoms with E-state index in [0.29, 0.717) is 42.3 Å². The largest absolute Gasteiger partial charge is 0.384 e. The van der Waals surface area contributed by atoms with Crippen molar-refractivity contribution in [2.75, 3.05) is 24.6 Å². The zero-order valence-corrected chi connectivity index (χ0v) is 17.2. The molecular formula is C24H22N6O. The topological polar surface area (TPSA) is 111 Å². The first-order chi connectivity index (χ1) is 15.0. The first-order valence-electron chi connectivity index (χ1n) is 9.92. The Labute approximate surface area is 180 Å². The predicted molar refractivity (Wildman–Crippen MR) is 121 cm³/mol. The van der Waals surface area contributed by atoms with Crippen molar-refractivity contribution in [3.63, 3.8) is 0 Å². The molecule has 31 heavy (non-hydrogen) atoms. The number of benzene rings is 1. The average molecular weight is 410 g/mol. The van der Waals surface area contributed by atoms with Gasteiger partial charge in [0.1, 0.15) is 5.82 Å². The molecule has 3 heterocycles. The fourth-order valence-corrected chi connectivity index (χ4v) is 3.42. The van der Waals surface area contributed by atoms with Gasteiger partial charge in [-0.2, -0.15) is 0 Å². The smallest absolute Gasteiger partial charge is 0.254 e. The van der Waals surface area contributed by atoms with Gasteiger partial charge in [-0.3, -0.25) is 4.79 Å². The highest BCUT2D eigenvalue weighted by Crippen LogP contribution is 2.26. The van der Waals surface area contributed by atoms with Gasteiger partial charge in [0.05, 0.1) is 17.0 Å². The minimum absolute atomic E-state index is 0.0187. The lowest BCUT2D eigenvalue weighted by Crippen LogP contribution is -2.34. The van der Waals surface area contributed by atoms with Crippen LogP contribution in [0.1, 0.15) is 39.3 Å². The third-order valence-corrected chi connectivity index (χ3v) is 5.05. The fraction of sp³-hybridized carbons (Fsp3) is 0.167. The lowest BCUT2D eigenvalue weighted by atomic mass is 9.98. The highest BCUT2D eigenvalue weighted by Gasteiger charge is 2.22. The number of hydrogen-bond donors (Lipinski definition) is 2. The van der Waals surface area contributed by atoms with Crippen molar-refractivity contribution in [2.24, 2.45) is 0 Å². The number of aryl methyl sites for hydroxylation is 1. The molecule has 0 fully saturated rings. The second kappa shape index (κ2) is 8.67. The Bertz CT molecular complexity index is 1210. The highest BCUT2D eigenvalue weighted by atomic mass is 16.2. The normalized spacial score (nSPS) is 13.2. The zero-order valence-electron chi connectivity index (χ0n) is 17.2. The molecule has 7 nitrogen and oxygen atoms in total. The molecule has 154 valence electrons. The molecule has 1 aliphatic heterocycles. The van der Waals surface area contributed by atoms with Gasteiger partial charge in [-0.05, 0) is 43.2 Å². The predicted octanol–water partition coefficient (Wildman–Crippen LogP) is 2.67. The molecule has 0 saturated carbocycles. The molecule has 3 aromatic rings. The van der Waals surface area contributed by atoms with Crippen molar-refractivity contribution in [1.29, 1.82) is 0 Å². The van der Waals surface area contributed by atoms with Crippen LogP contribution in [0.15, 0.2) is 54.7 Å². The summed E-state index contributed by atoms with van der Waals surface area (Å²) in [7, 11) is 0. The summed E-state index contributed by atoms with van der Waals surface area (Å²) in [5.41, 5.74) is 16.1. The Balaban J connectivity index is 1.62. The summed E-state index contributed by atoms with van der Waals surface area (Å²) in [6.07, 6.45) is 4.30. The van der Waals surface area contributed by atoms with Crippen molar-refractivity contribution in [1.82, 2.24) is 19.9 Å². The van der Waals surface area contributed by atoms with Crippen molar-refractivity contribution in [2.45, 2.75) is 13.3 Å². The Hall–Kier alpha value is -4.18. The van der Waals surface area contributed by atoms with Crippen molar-refractivity contribution in [3.8, 4) is 11.8 Å². The fourth-order valence-electron chi connectivity index (χ4n) is 3.42. The third kappa shape index (κ3) is 4.54. The van der Waals surface area contributed by atoms with Crippen molar-refractivity contribution in [3.05, 3.63) is 82.8 Å². The number of carbonyl (C=O) groups excluding carboxylic acids is 1. The van der Waals surface area contributed by atoms with Gasteiger partial charge < -0.3 is 16.4 Å². The summed E-state index contributed by atoms with van der Waals surface area (Å²) in [5.74, 6) is 6.93. The van der Waals surface area contributed by atoms with Gasteiger partial charge in [0, 0.05) is 30.4 Å². The average Bonchev–Trinajstić information content (AvgIpc) is 2.79. The maximum atomic E-state index is 12.7. The van der Waals surface area contributed by atoms with Crippen LogP contribution in [-0.4, -0.2) is 38.8 Å². The highest BCUT2D eigenvalue weighted by molar-refractivity contribution is 5.94. The summed E-state index contributed by atoms with van der Waals surface area (Å²) in [6, 6.07) is 12.8. The minimum atomic E-state index is 0.0187. The number of nitrogens with zero attached hydrogens (tertiary/aromatic N) is 4. The summed E-state index contributed by atoms with van der Waals surface area (Å²) >= 11 is 0. The maximum absolute atomic E-state index is 12.7. The van der Waals surface area contributed by atoms with Crippen LogP contribution in [0.2, 0.25) is 0 Å². The molecule has 1 amide bonds. The summed E-state index contributed by atoms with van der Waals surface area (Å²) in [4.78, 5) is 27.3. The summed E-state index contributed by atoms with van der Waals surface area (Å²) in [6.45, 7) is 2.96. The van der Waals surface area contributed by atoms with Gasteiger partial charge in [0.2, 0.25) is 5.95 Å². The SMILES string of the molecule is Cc1nc(N)nc(C2=CCN(C(=O)c3ccccc3)CC2)c1C#Cc1ccc(N)nc1. The van der Waals surface area contributed by atoms with Gasteiger partial charge in [0.25, 0.3) is 5.91 Å². The molecule has 2 aromatic heterocycles. The third-order valence-electron chi connectivity index (χ3n) is 5.05. The Kier molecular flexibility index (Phi) is 5.63. The molecule has 4 rings (SSSR count). The number of pyridine rings is 1. The molecule has 7 heteroatoms. The molecular weight excluding hydrogens is 388 g/mol. The van der Waals surface area contributed by atoms with E-state index in [-0.39, 0.29) is 11.9 Å². The number of carbonyl (C=O) groups is 1. The van der Waals surface area contributed by atoms with E-state index in [1.54, 1.807) is 12.3 Å². The lowest BCUT2D eigenvalue weighted by Gasteiger charge is -2.27. The Morgan fingerprint density at radius 1 is 1.06 bits per heavy atom. The standard InChI is InChI=1S/C24H22N6O/c1-16-20(9-7-17-8-10-21(25)27-15-17)22(29-24(26)28-16)18-11-13-30(14-12-18)23(31)19-5-3-2-4-6-19/h2-6,8,10-11,15H,12-14H2,1H3,(H2,25,27)(H2,26,28,29). The molecule has 0 bridgehead atoms. The monoisotopic (exact) mass is 410 g/mol. The van der Waals surface area contributed by atoms with Gasteiger partial charge in [-0.15, -0.1) is 0 Å². The van der Waals surface area contributed by atoms with E-state index < -0.39 is 0 Å². The van der Waals surface area contributed by atoms with Crippen LogP contribution >= 0.6 is 0 Å². The second-order valence-electron chi connectivity index (χ2n) is 7.21. The van der Waals surface area contributed by atoms with E-state index in [1.165, 1.54) is 0 Å². The van der Waals surface area contributed by atoms with E-state index in [2.05, 4.69) is 26.8 Å². The van der Waals surface area contributed by atoms with Gasteiger partial charge in [-0.1, -0.05) is 36.1 Å². The molecule has 0 unspecified atom stereocenters.